The monoisotopic (exact) mass is 270 g/mol. The molecule has 3 nitrogen and oxygen atoms in total. The number of pyridine rings is 1. The number of hydrogen-bond acceptors (Lipinski definition) is 3. The van der Waals surface area contributed by atoms with E-state index in [1.165, 1.54) is 5.56 Å². The maximum Gasteiger partial charge on any atom is 0.222 e. The Balaban J connectivity index is 2.30. The molecule has 20 heavy (non-hydrogen) atoms. The average molecular weight is 270 g/mol. The molecule has 0 bridgehead atoms. The van der Waals surface area contributed by atoms with Crippen molar-refractivity contribution in [1.82, 2.24) is 4.98 Å². The minimum Gasteiger partial charge on any atom is -0.438 e. The zero-order valence-corrected chi connectivity index (χ0v) is 12.8. The zero-order valence-electron chi connectivity index (χ0n) is 12.8. The second-order valence-corrected chi connectivity index (χ2v) is 6.22. The molecule has 0 saturated heterocycles. The Bertz CT molecular complexity index is 627. The van der Waals surface area contributed by atoms with E-state index >= 15 is 0 Å². The van der Waals surface area contributed by atoms with Gasteiger partial charge in [-0.3, -0.25) is 0 Å². The summed E-state index contributed by atoms with van der Waals surface area (Å²) in [5, 5.41) is 0. The summed E-state index contributed by atoms with van der Waals surface area (Å²) in [4.78, 5) is 4.24. The van der Waals surface area contributed by atoms with Crippen molar-refractivity contribution in [3.05, 3.63) is 47.2 Å². The molecule has 2 aromatic rings. The largest absolute Gasteiger partial charge is 0.438 e. The second-order valence-electron chi connectivity index (χ2n) is 6.22. The van der Waals surface area contributed by atoms with E-state index < -0.39 is 0 Å². The van der Waals surface area contributed by atoms with Crippen LogP contribution in [0.2, 0.25) is 0 Å². The second kappa shape index (κ2) is 5.16. The molecule has 2 rings (SSSR count). The van der Waals surface area contributed by atoms with Crippen molar-refractivity contribution in [1.29, 1.82) is 0 Å². The van der Waals surface area contributed by atoms with Crippen LogP contribution in [0.4, 0.5) is 5.69 Å². The van der Waals surface area contributed by atoms with Crippen molar-refractivity contribution in [2.75, 3.05) is 5.73 Å². The van der Waals surface area contributed by atoms with Crippen molar-refractivity contribution in [3.63, 3.8) is 0 Å². The number of nitrogen functional groups attached to an aromatic ring is 1. The fraction of sp³-hybridized carbons (Fsp3) is 0.353. The SMILES string of the molecule is Cc1cc(C(C)(C)C)ccc1Oc1ncc(N)cc1C. The van der Waals surface area contributed by atoms with Gasteiger partial charge in [-0.1, -0.05) is 32.9 Å². The van der Waals surface area contributed by atoms with E-state index in [4.69, 9.17) is 10.5 Å². The van der Waals surface area contributed by atoms with E-state index in [1.807, 2.05) is 19.1 Å². The third-order valence-electron chi connectivity index (χ3n) is 3.30. The van der Waals surface area contributed by atoms with Crippen LogP contribution >= 0.6 is 0 Å². The molecule has 0 aliphatic carbocycles. The van der Waals surface area contributed by atoms with E-state index in [0.717, 1.165) is 16.9 Å². The van der Waals surface area contributed by atoms with E-state index in [-0.39, 0.29) is 5.41 Å². The molecule has 0 spiro atoms. The number of aromatic nitrogens is 1. The first-order chi connectivity index (χ1) is 9.27. The van der Waals surface area contributed by atoms with E-state index in [2.05, 4.69) is 44.8 Å². The number of benzene rings is 1. The predicted molar refractivity (Wildman–Crippen MR) is 83.3 cm³/mol. The minimum atomic E-state index is 0.138. The van der Waals surface area contributed by atoms with Crippen molar-refractivity contribution < 1.29 is 4.74 Å². The fourth-order valence-electron chi connectivity index (χ4n) is 2.03. The summed E-state index contributed by atoms with van der Waals surface area (Å²) in [5.41, 5.74) is 9.82. The third kappa shape index (κ3) is 3.10. The van der Waals surface area contributed by atoms with Gasteiger partial charge in [-0.25, -0.2) is 4.98 Å². The van der Waals surface area contributed by atoms with Gasteiger partial charge in [0.05, 0.1) is 11.9 Å². The Hall–Kier alpha value is -2.03. The Kier molecular flexibility index (Phi) is 3.71. The van der Waals surface area contributed by atoms with Gasteiger partial charge < -0.3 is 10.5 Å². The molecule has 0 aliphatic rings. The lowest BCUT2D eigenvalue weighted by atomic mass is 9.86. The van der Waals surface area contributed by atoms with Crippen LogP contribution in [-0.2, 0) is 5.41 Å². The van der Waals surface area contributed by atoms with Crippen LogP contribution in [0.3, 0.4) is 0 Å². The van der Waals surface area contributed by atoms with Gasteiger partial charge in [0, 0.05) is 5.56 Å². The summed E-state index contributed by atoms with van der Waals surface area (Å²) in [6.07, 6.45) is 1.61. The third-order valence-corrected chi connectivity index (χ3v) is 3.30. The lowest BCUT2D eigenvalue weighted by Gasteiger charge is -2.20. The maximum absolute atomic E-state index is 5.90. The Morgan fingerprint density at radius 3 is 2.30 bits per heavy atom. The Morgan fingerprint density at radius 1 is 1.05 bits per heavy atom. The Labute approximate surface area is 120 Å². The van der Waals surface area contributed by atoms with Gasteiger partial charge in [-0.15, -0.1) is 0 Å². The molecule has 0 atom stereocenters. The van der Waals surface area contributed by atoms with Crippen LogP contribution in [0, 0.1) is 13.8 Å². The normalized spacial score (nSPS) is 11.4. The molecule has 0 unspecified atom stereocenters. The van der Waals surface area contributed by atoms with Crippen LogP contribution < -0.4 is 10.5 Å². The summed E-state index contributed by atoms with van der Waals surface area (Å²) in [5.74, 6) is 1.43. The predicted octanol–water partition coefficient (Wildman–Crippen LogP) is 4.37. The van der Waals surface area contributed by atoms with Gasteiger partial charge >= 0.3 is 0 Å². The molecule has 1 heterocycles. The van der Waals surface area contributed by atoms with Gasteiger partial charge in [0.15, 0.2) is 0 Å². The van der Waals surface area contributed by atoms with Gasteiger partial charge in [0.2, 0.25) is 5.88 Å². The highest BCUT2D eigenvalue weighted by atomic mass is 16.5. The van der Waals surface area contributed by atoms with E-state index in [9.17, 15) is 0 Å². The highest BCUT2D eigenvalue weighted by Crippen LogP contribution is 2.30. The smallest absolute Gasteiger partial charge is 0.222 e. The van der Waals surface area contributed by atoms with Gasteiger partial charge in [0.25, 0.3) is 0 Å². The lowest BCUT2D eigenvalue weighted by Crippen LogP contribution is -2.11. The molecule has 1 aromatic carbocycles. The highest BCUT2D eigenvalue weighted by Gasteiger charge is 2.15. The van der Waals surface area contributed by atoms with Crippen LogP contribution in [0.15, 0.2) is 30.5 Å². The highest BCUT2D eigenvalue weighted by molar-refractivity contribution is 5.45. The summed E-state index contributed by atoms with van der Waals surface area (Å²) in [6, 6.07) is 8.14. The number of rotatable bonds is 2. The van der Waals surface area contributed by atoms with Gasteiger partial charge in [0.1, 0.15) is 5.75 Å². The molecular weight excluding hydrogens is 248 g/mol. The number of anilines is 1. The van der Waals surface area contributed by atoms with Gasteiger partial charge in [-0.05, 0) is 42.5 Å². The van der Waals surface area contributed by atoms with Crippen molar-refractivity contribution in [2.45, 2.75) is 40.0 Å². The van der Waals surface area contributed by atoms with Crippen LogP contribution in [-0.4, -0.2) is 4.98 Å². The van der Waals surface area contributed by atoms with Crippen LogP contribution in [0.25, 0.3) is 0 Å². The number of aryl methyl sites for hydroxylation is 2. The molecular formula is C17H22N2O. The van der Waals surface area contributed by atoms with Crippen molar-refractivity contribution in [2.24, 2.45) is 0 Å². The number of nitrogens with zero attached hydrogens (tertiary/aromatic N) is 1. The van der Waals surface area contributed by atoms with Gasteiger partial charge in [-0.2, -0.15) is 0 Å². The molecule has 0 aliphatic heterocycles. The van der Waals surface area contributed by atoms with Crippen molar-refractivity contribution in [3.8, 4) is 11.6 Å². The first-order valence-electron chi connectivity index (χ1n) is 6.78. The quantitative estimate of drug-likeness (QED) is 0.881. The number of hydrogen-bond donors (Lipinski definition) is 1. The molecule has 0 amide bonds. The summed E-state index contributed by atoms with van der Waals surface area (Å²) in [7, 11) is 0. The van der Waals surface area contributed by atoms with Crippen molar-refractivity contribution >= 4 is 5.69 Å². The first kappa shape index (κ1) is 14.4. The van der Waals surface area contributed by atoms with Crippen LogP contribution in [0.5, 0.6) is 11.6 Å². The zero-order chi connectivity index (χ0) is 14.9. The number of ether oxygens (including phenoxy) is 1. The number of nitrogens with two attached hydrogens (primary N) is 1. The minimum absolute atomic E-state index is 0.138. The topological polar surface area (TPSA) is 48.1 Å². The maximum atomic E-state index is 5.90. The molecule has 3 heteroatoms. The molecule has 0 radical (unpaired) electrons. The fourth-order valence-corrected chi connectivity index (χ4v) is 2.03. The molecule has 0 saturated carbocycles. The summed E-state index contributed by atoms with van der Waals surface area (Å²) < 4.78 is 5.90. The molecule has 106 valence electrons. The Morgan fingerprint density at radius 2 is 1.75 bits per heavy atom. The van der Waals surface area contributed by atoms with E-state index in [1.54, 1.807) is 6.20 Å². The standard InChI is InChI=1S/C17H22N2O/c1-11-8-13(17(3,4)5)6-7-15(11)20-16-12(2)9-14(18)10-19-16/h6-10H,18H2,1-5H3. The average Bonchev–Trinajstić information content (AvgIpc) is 2.33. The first-order valence-corrected chi connectivity index (χ1v) is 6.78. The summed E-state index contributed by atoms with van der Waals surface area (Å²) >= 11 is 0. The van der Waals surface area contributed by atoms with E-state index in [0.29, 0.717) is 11.6 Å². The lowest BCUT2D eigenvalue weighted by molar-refractivity contribution is 0.454. The van der Waals surface area contributed by atoms with Crippen LogP contribution in [0.1, 0.15) is 37.5 Å². The summed E-state index contributed by atoms with van der Waals surface area (Å²) in [6.45, 7) is 10.6. The molecule has 2 N–H and O–H groups in total. The molecule has 1 aromatic heterocycles. The molecule has 0 fully saturated rings.